The lowest BCUT2D eigenvalue weighted by molar-refractivity contribution is 0.396. The Labute approximate surface area is 84.5 Å². The van der Waals surface area contributed by atoms with E-state index in [1.807, 2.05) is 26.8 Å². The maximum atomic E-state index is 9.86. The summed E-state index contributed by atoms with van der Waals surface area (Å²) < 4.78 is 5.21. The van der Waals surface area contributed by atoms with Crippen LogP contribution in [0.1, 0.15) is 30.9 Å². The number of methoxy groups -OCH3 is 1. The number of anilines is 1. The maximum absolute atomic E-state index is 9.86. The normalized spacial score (nSPS) is 10.6. The SMILES string of the molecule is COc1cc(C)c(N)c(O)c1C(C)C. The minimum absolute atomic E-state index is 0.150. The predicted molar refractivity (Wildman–Crippen MR) is 57.9 cm³/mol. The first-order valence-corrected chi connectivity index (χ1v) is 4.65. The number of nitrogens with two attached hydrogens (primary N) is 1. The van der Waals surface area contributed by atoms with E-state index >= 15 is 0 Å². The molecule has 0 heterocycles. The van der Waals surface area contributed by atoms with Crippen LogP contribution in [0.2, 0.25) is 0 Å². The average molecular weight is 195 g/mol. The van der Waals surface area contributed by atoms with E-state index in [0.717, 1.165) is 11.1 Å². The number of ether oxygens (including phenoxy) is 1. The second-order valence-electron chi connectivity index (χ2n) is 3.73. The van der Waals surface area contributed by atoms with Crippen molar-refractivity contribution in [1.82, 2.24) is 0 Å². The van der Waals surface area contributed by atoms with E-state index in [0.29, 0.717) is 11.4 Å². The number of aromatic hydroxyl groups is 1. The Kier molecular flexibility index (Phi) is 2.89. The zero-order chi connectivity index (χ0) is 10.9. The summed E-state index contributed by atoms with van der Waals surface area (Å²) in [5.74, 6) is 1.04. The zero-order valence-electron chi connectivity index (χ0n) is 9.09. The molecule has 0 unspecified atom stereocenters. The van der Waals surface area contributed by atoms with Crippen LogP contribution in [-0.2, 0) is 0 Å². The Morgan fingerprint density at radius 2 is 2.00 bits per heavy atom. The molecular formula is C11H17NO2. The first kappa shape index (κ1) is 10.7. The van der Waals surface area contributed by atoms with Gasteiger partial charge in [-0.2, -0.15) is 0 Å². The molecule has 0 aliphatic carbocycles. The van der Waals surface area contributed by atoms with Crippen molar-refractivity contribution in [3.05, 3.63) is 17.2 Å². The van der Waals surface area contributed by atoms with Crippen LogP contribution in [-0.4, -0.2) is 12.2 Å². The fourth-order valence-corrected chi connectivity index (χ4v) is 1.53. The lowest BCUT2D eigenvalue weighted by Gasteiger charge is -2.16. The standard InChI is InChI=1S/C11H17NO2/c1-6(2)9-8(14-4)5-7(3)10(12)11(9)13/h5-6,13H,12H2,1-4H3. The summed E-state index contributed by atoms with van der Waals surface area (Å²) in [5, 5.41) is 9.86. The zero-order valence-corrected chi connectivity index (χ0v) is 9.09. The van der Waals surface area contributed by atoms with E-state index in [1.165, 1.54) is 0 Å². The van der Waals surface area contributed by atoms with Crippen LogP contribution in [0.4, 0.5) is 5.69 Å². The van der Waals surface area contributed by atoms with Gasteiger partial charge in [-0.3, -0.25) is 0 Å². The van der Waals surface area contributed by atoms with E-state index in [9.17, 15) is 5.11 Å². The van der Waals surface area contributed by atoms with Crippen LogP contribution >= 0.6 is 0 Å². The van der Waals surface area contributed by atoms with Crippen molar-refractivity contribution in [3.63, 3.8) is 0 Å². The number of hydrogen-bond acceptors (Lipinski definition) is 3. The van der Waals surface area contributed by atoms with Gasteiger partial charge < -0.3 is 15.6 Å². The van der Waals surface area contributed by atoms with Gasteiger partial charge in [0.1, 0.15) is 11.5 Å². The molecule has 0 bridgehead atoms. The lowest BCUT2D eigenvalue weighted by atomic mass is 9.98. The van der Waals surface area contributed by atoms with E-state index in [1.54, 1.807) is 7.11 Å². The lowest BCUT2D eigenvalue weighted by Crippen LogP contribution is -2.00. The fourth-order valence-electron chi connectivity index (χ4n) is 1.53. The second kappa shape index (κ2) is 3.78. The van der Waals surface area contributed by atoms with Crippen LogP contribution in [0.25, 0.3) is 0 Å². The van der Waals surface area contributed by atoms with Crippen molar-refractivity contribution < 1.29 is 9.84 Å². The molecule has 78 valence electrons. The van der Waals surface area contributed by atoms with Crippen LogP contribution in [0.3, 0.4) is 0 Å². The Morgan fingerprint density at radius 1 is 1.43 bits per heavy atom. The number of hydrogen-bond donors (Lipinski definition) is 2. The molecule has 0 aliphatic heterocycles. The highest BCUT2D eigenvalue weighted by Crippen LogP contribution is 2.40. The number of phenolic OH excluding ortho intramolecular Hbond substituents is 1. The fraction of sp³-hybridized carbons (Fsp3) is 0.455. The van der Waals surface area contributed by atoms with Crippen molar-refractivity contribution in [3.8, 4) is 11.5 Å². The third-order valence-electron chi connectivity index (χ3n) is 2.35. The summed E-state index contributed by atoms with van der Waals surface area (Å²) >= 11 is 0. The van der Waals surface area contributed by atoms with E-state index in [-0.39, 0.29) is 11.7 Å². The van der Waals surface area contributed by atoms with Crippen LogP contribution in [0.5, 0.6) is 11.5 Å². The summed E-state index contributed by atoms with van der Waals surface area (Å²) in [6.07, 6.45) is 0. The molecule has 0 saturated heterocycles. The molecule has 3 N–H and O–H groups in total. The molecule has 1 rings (SSSR count). The van der Waals surface area contributed by atoms with Crippen molar-refractivity contribution in [2.45, 2.75) is 26.7 Å². The Morgan fingerprint density at radius 3 is 2.43 bits per heavy atom. The minimum atomic E-state index is 0.150. The summed E-state index contributed by atoms with van der Waals surface area (Å²) in [4.78, 5) is 0. The van der Waals surface area contributed by atoms with Gasteiger partial charge in [0.15, 0.2) is 0 Å². The van der Waals surface area contributed by atoms with Gasteiger partial charge in [-0.15, -0.1) is 0 Å². The first-order chi connectivity index (χ1) is 6.49. The molecule has 0 spiro atoms. The molecule has 0 radical (unpaired) electrons. The molecule has 0 fully saturated rings. The molecule has 0 atom stereocenters. The molecule has 0 amide bonds. The Hall–Kier alpha value is -1.38. The molecule has 0 saturated carbocycles. The van der Waals surface area contributed by atoms with Gasteiger partial charge >= 0.3 is 0 Å². The minimum Gasteiger partial charge on any atom is -0.505 e. The highest BCUT2D eigenvalue weighted by Gasteiger charge is 2.16. The Bertz CT molecular complexity index is 346. The van der Waals surface area contributed by atoms with Crippen molar-refractivity contribution in [1.29, 1.82) is 0 Å². The monoisotopic (exact) mass is 195 g/mol. The van der Waals surface area contributed by atoms with Crippen LogP contribution in [0, 0.1) is 6.92 Å². The third kappa shape index (κ3) is 1.62. The summed E-state index contributed by atoms with van der Waals surface area (Å²) in [6, 6.07) is 1.85. The smallest absolute Gasteiger partial charge is 0.145 e. The number of benzene rings is 1. The highest BCUT2D eigenvalue weighted by molar-refractivity contribution is 5.66. The van der Waals surface area contributed by atoms with Gasteiger partial charge in [0.05, 0.1) is 12.8 Å². The number of nitrogen functional groups attached to an aromatic ring is 1. The van der Waals surface area contributed by atoms with E-state index < -0.39 is 0 Å². The number of rotatable bonds is 2. The summed E-state index contributed by atoms with van der Waals surface area (Å²) in [6.45, 7) is 5.83. The molecule has 1 aromatic rings. The average Bonchev–Trinajstić information content (AvgIpc) is 2.12. The molecule has 0 aliphatic rings. The van der Waals surface area contributed by atoms with E-state index in [2.05, 4.69) is 0 Å². The maximum Gasteiger partial charge on any atom is 0.145 e. The summed E-state index contributed by atoms with van der Waals surface area (Å²) in [7, 11) is 1.59. The molecule has 14 heavy (non-hydrogen) atoms. The molecule has 1 aromatic carbocycles. The Balaban J connectivity index is 3.45. The number of aryl methyl sites for hydroxylation is 1. The van der Waals surface area contributed by atoms with Gasteiger partial charge in [-0.05, 0) is 24.5 Å². The third-order valence-corrected chi connectivity index (χ3v) is 2.35. The largest absolute Gasteiger partial charge is 0.505 e. The van der Waals surface area contributed by atoms with Gasteiger partial charge in [0.25, 0.3) is 0 Å². The first-order valence-electron chi connectivity index (χ1n) is 4.65. The molecular weight excluding hydrogens is 178 g/mol. The second-order valence-corrected chi connectivity index (χ2v) is 3.73. The van der Waals surface area contributed by atoms with Crippen molar-refractivity contribution >= 4 is 5.69 Å². The highest BCUT2D eigenvalue weighted by atomic mass is 16.5. The topological polar surface area (TPSA) is 55.5 Å². The molecule has 3 nitrogen and oxygen atoms in total. The van der Waals surface area contributed by atoms with Gasteiger partial charge in [-0.1, -0.05) is 13.8 Å². The van der Waals surface area contributed by atoms with Gasteiger partial charge in [0.2, 0.25) is 0 Å². The van der Waals surface area contributed by atoms with Gasteiger partial charge in [0, 0.05) is 5.56 Å². The van der Waals surface area contributed by atoms with Crippen LogP contribution < -0.4 is 10.5 Å². The predicted octanol–water partition coefficient (Wildman–Crippen LogP) is 2.41. The van der Waals surface area contributed by atoms with Gasteiger partial charge in [-0.25, -0.2) is 0 Å². The van der Waals surface area contributed by atoms with Crippen LogP contribution in [0.15, 0.2) is 6.07 Å². The quantitative estimate of drug-likeness (QED) is 0.563. The molecule has 3 heteroatoms. The van der Waals surface area contributed by atoms with E-state index in [4.69, 9.17) is 10.5 Å². The van der Waals surface area contributed by atoms with Crippen molar-refractivity contribution in [2.75, 3.05) is 12.8 Å². The summed E-state index contributed by atoms with van der Waals surface area (Å²) in [5.41, 5.74) is 7.79. The number of phenols is 1. The molecule has 0 aromatic heterocycles. The van der Waals surface area contributed by atoms with Crippen molar-refractivity contribution in [2.24, 2.45) is 0 Å².